The first-order chi connectivity index (χ1) is 9.32. The van der Waals surface area contributed by atoms with E-state index in [1.54, 1.807) is 0 Å². The second kappa shape index (κ2) is 7.68. The van der Waals surface area contributed by atoms with Crippen LogP contribution >= 0.6 is 0 Å². The van der Waals surface area contributed by atoms with Gasteiger partial charge in [-0.15, -0.1) is 0 Å². The van der Waals surface area contributed by atoms with Gasteiger partial charge in [0.15, 0.2) is 0 Å². The maximum Gasteiger partial charge on any atom is 0.0368 e. The molecular formula is C18H32N2. The first-order valence-corrected chi connectivity index (χ1v) is 7.86. The lowest BCUT2D eigenvalue weighted by molar-refractivity contribution is 0.505. The van der Waals surface area contributed by atoms with Crippen LogP contribution in [0, 0.1) is 18.8 Å². The van der Waals surface area contributed by atoms with Crippen molar-refractivity contribution in [2.24, 2.45) is 11.8 Å². The van der Waals surface area contributed by atoms with Crippen molar-refractivity contribution < 1.29 is 0 Å². The Hall–Kier alpha value is -1.02. The molecule has 114 valence electrons. The first kappa shape index (κ1) is 17.0. The van der Waals surface area contributed by atoms with Crippen molar-refractivity contribution in [2.45, 2.75) is 54.1 Å². The van der Waals surface area contributed by atoms with E-state index in [0.29, 0.717) is 17.9 Å². The molecule has 0 radical (unpaired) electrons. The molecule has 0 saturated carbocycles. The van der Waals surface area contributed by atoms with Crippen LogP contribution in [0.25, 0.3) is 0 Å². The van der Waals surface area contributed by atoms with E-state index in [4.69, 9.17) is 0 Å². The van der Waals surface area contributed by atoms with Crippen LogP contribution in [-0.2, 0) is 6.54 Å². The Balaban J connectivity index is 2.72. The highest BCUT2D eigenvalue weighted by Gasteiger charge is 2.14. The molecule has 0 aromatic heterocycles. The van der Waals surface area contributed by atoms with E-state index in [-0.39, 0.29) is 0 Å². The van der Waals surface area contributed by atoms with Crippen molar-refractivity contribution in [3.8, 4) is 0 Å². The summed E-state index contributed by atoms with van der Waals surface area (Å²) >= 11 is 0. The third kappa shape index (κ3) is 4.82. The van der Waals surface area contributed by atoms with E-state index in [1.165, 1.54) is 16.8 Å². The molecule has 1 aromatic rings. The second-order valence-corrected chi connectivity index (χ2v) is 6.73. The topological polar surface area (TPSA) is 15.3 Å². The number of aryl methyl sites for hydroxylation is 1. The van der Waals surface area contributed by atoms with E-state index in [9.17, 15) is 0 Å². The lowest BCUT2D eigenvalue weighted by atomic mass is 10.0. The molecule has 0 aliphatic rings. The average Bonchev–Trinajstić information content (AvgIpc) is 2.38. The molecule has 20 heavy (non-hydrogen) atoms. The summed E-state index contributed by atoms with van der Waals surface area (Å²) in [4.78, 5) is 2.38. The van der Waals surface area contributed by atoms with Gasteiger partial charge in [0.2, 0.25) is 0 Å². The van der Waals surface area contributed by atoms with E-state index in [2.05, 4.69) is 77.0 Å². The van der Waals surface area contributed by atoms with Gasteiger partial charge in [-0.05, 0) is 55.5 Å². The lowest BCUT2D eigenvalue weighted by Crippen LogP contribution is -2.33. The van der Waals surface area contributed by atoms with Crippen LogP contribution in [0.2, 0.25) is 0 Å². The van der Waals surface area contributed by atoms with Gasteiger partial charge in [-0.2, -0.15) is 0 Å². The predicted octanol–water partition coefficient (Wildman–Crippen LogP) is 4.22. The van der Waals surface area contributed by atoms with Gasteiger partial charge in [0.25, 0.3) is 0 Å². The minimum absolute atomic E-state index is 0.555. The standard InChI is InChI=1S/C18H32N2/c1-13(2)11-19-12-17-8-9-18(10-15(17)5)20(7)16(6)14(3)4/h8-10,13-14,16,19H,11-12H2,1-7H3. The van der Waals surface area contributed by atoms with Gasteiger partial charge in [0.1, 0.15) is 0 Å². The molecule has 1 atom stereocenters. The molecular weight excluding hydrogens is 244 g/mol. The highest BCUT2D eigenvalue weighted by Crippen LogP contribution is 2.22. The summed E-state index contributed by atoms with van der Waals surface area (Å²) in [5.74, 6) is 1.36. The Labute approximate surface area is 125 Å². The summed E-state index contributed by atoms with van der Waals surface area (Å²) in [6.45, 7) is 15.6. The van der Waals surface area contributed by atoms with Crippen molar-refractivity contribution in [1.29, 1.82) is 0 Å². The molecule has 0 aliphatic carbocycles. The van der Waals surface area contributed by atoms with Crippen LogP contribution in [0.4, 0.5) is 5.69 Å². The summed E-state index contributed by atoms with van der Waals surface area (Å²) in [7, 11) is 2.19. The Morgan fingerprint density at radius 2 is 1.75 bits per heavy atom. The smallest absolute Gasteiger partial charge is 0.0368 e. The average molecular weight is 276 g/mol. The van der Waals surface area contributed by atoms with Crippen molar-refractivity contribution in [2.75, 3.05) is 18.5 Å². The quantitative estimate of drug-likeness (QED) is 0.802. The molecule has 2 heteroatoms. The molecule has 1 unspecified atom stereocenters. The zero-order valence-corrected chi connectivity index (χ0v) is 14.3. The Bertz CT molecular complexity index is 410. The summed E-state index contributed by atoms with van der Waals surface area (Å²) in [5.41, 5.74) is 4.10. The first-order valence-electron chi connectivity index (χ1n) is 7.86. The number of hydrogen-bond donors (Lipinski definition) is 1. The highest BCUT2D eigenvalue weighted by molar-refractivity contribution is 5.51. The number of nitrogens with one attached hydrogen (secondary N) is 1. The molecule has 1 rings (SSSR count). The summed E-state index contributed by atoms with van der Waals surface area (Å²) in [5, 5.41) is 3.52. The SMILES string of the molecule is Cc1cc(N(C)C(C)C(C)C)ccc1CNCC(C)C. The third-order valence-corrected chi connectivity index (χ3v) is 4.18. The van der Waals surface area contributed by atoms with Gasteiger partial charge >= 0.3 is 0 Å². The largest absolute Gasteiger partial charge is 0.372 e. The number of hydrogen-bond acceptors (Lipinski definition) is 2. The normalized spacial score (nSPS) is 13.1. The predicted molar refractivity (Wildman–Crippen MR) is 90.4 cm³/mol. The summed E-state index contributed by atoms with van der Waals surface area (Å²) in [6.07, 6.45) is 0. The molecule has 0 heterocycles. The van der Waals surface area contributed by atoms with Crippen LogP contribution in [0.15, 0.2) is 18.2 Å². The lowest BCUT2D eigenvalue weighted by Gasteiger charge is -2.30. The Kier molecular flexibility index (Phi) is 6.54. The minimum Gasteiger partial charge on any atom is -0.372 e. The van der Waals surface area contributed by atoms with Gasteiger partial charge in [0, 0.05) is 25.3 Å². The molecule has 0 amide bonds. The monoisotopic (exact) mass is 276 g/mol. The van der Waals surface area contributed by atoms with E-state index < -0.39 is 0 Å². The molecule has 0 bridgehead atoms. The molecule has 0 aliphatic heterocycles. The van der Waals surface area contributed by atoms with Crippen LogP contribution < -0.4 is 10.2 Å². The van der Waals surface area contributed by atoms with E-state index >= 15 is 0 Å². The molecule has 2 nitrogen and oxygen atoms in total. The number of rotatable bonds is 7. The van der Waals surface area contributed by atoms with Crippen molar-refractivity contribution in [3.05, 3.63) is 29.3 Å². The van der Waals surface area contributed by atoms with Gasteiger partial charge in [0.05, 0.1) is 0 Å². The second-order valence-electron chi connectivity index (χ2n) is 6.73. The van der Waals surface area contributed by atoms with Crippen LogP contribution in [0.3, 0.4) is 0 Å². The van der Waals surface area contributed by atoms with Gasteiger partial charge in [-0.3, -0.25) is 0 Å². The van der Waals surface area contributed by atoms with Crippen LogP contribution in [0.5, 0.6) is 0 Å². The number of benzene rings is 1. The van der Waals surface area contributed by atoms with Crippen molar-refractivity contribution in [1.82, 2.24) is 5.32 Å². The highest BCUT2D eigenvalue weighted by atomic mass is 15.1. The number of nitrogens with zero attached hydrogens (tertiary/aromatic N) is 1. The maximum atomic E-state index is 3.52. The fraction of sp³-hybridized carbons (Fsp3) is 0.667. The zero-order chi connectivity index (χ0) is 15.3. The van der Waals surface area contributed by atoms with Gasteiger partial charge < -0.3 is 10.2 Å². The zero-order valence-electron chi connectivity index (χ0n) is 14.3. The van der Waals surface area contributed by atoms with Crippen molar-refractivity contribution >= 4 is 5.69 Å². The molecule has 0 fully saturated rings. The van der Waals surface area contributed by atoms with E-state index in [1.807, 2.05) is 0 Å². The molecule has 0 spiro atoms. The van der Waals surface area contributed by atoms with E-state index in [0.717, 1.165) is 13.1 Å². The molecule has 1 aromatic carbocycles. The Morgan fingerprint density at radius 1 is 1.10 bits per heavy atom. The maximum absolute atomic E-state index is 3.52. The molecule has 1 N–H and O–H groups in total. The Morgan fingerprint density at radius 3 is 2.25 bits per heavy atom. The fourth-order valence-corrected chi connectivity index (χ4v) is 2.28. The van der Waals surface area contributed by atoms with Gasteiger partial charge in [-0.1, -0.05) is 33.8 Å². The molecule has 0 saturated heterocycles. The van der Waals surface area contributed by atoms with Crippen molar-refractivity contribution in [3.63, 3.8) is 0 Å². The fourth-order valence-electron chi connectivity index (χ4n) is 2.28. The van der Waals surface area contributed by atoms with Crippen LogP contribution in [0.1, 0.15) is 45.7 Å². The van der Waals surface area contributed by atoms with Crippen LogP contribution in [-0.4, -0.2) is 19.6 Å². The van der Waals surface area contributed by atoms with Gasteiger partial charge in [-0.25, -0.2) is 0 Å². The number of anilines is 1. The third-order valence-electron chi connectivity index (χ3n) is 4.18. The minimum atomic E-state index is 0.555. The summed E-state index contributed by atoms with van der Waals surface area (Å²) < 4.78 is 0. The summed E-state index contributed by atoms with van der Waals surface area (Å²) in [6, 6.07) is 7.38.